The van der Waals surface area contributed by atoms with E-state index in [4.69, 9.17) is 13.3 Å². The summed E-state index contributed by atoms with van der Waals surface area (Å²) in [6, 6.07) is 9.20. The molecule has 0 aliphatic heterocycles. The maximum absolute atomic E-state index is 12.8. The van der Waals surface area contributed by atoms with Gasteiger partial charge in [0.2, 0.25) is 17.7 Å². The summed E-state index contributed by atoms with van der Waals surface area (Å²) in [6.45, 7) is 0.743. The highest BCUT2D eigenvalue weighted by Crippen LogP contribution is 2.21. The summed E-state index contributed by atoms with van der Waals surface area (Å²) in [5, 5.41) is 12.0. The summed E-state index contributed by atoms with van der Waals surface area (Å²) in [7, 11) is 0. The molecule has 4 heterocycles. The lowest BCUT2D eigenvalue weighted by atomic mass is 10.2. The molecule has 27 heavy (non-hydrogen) atoms. The van der Waals surface area contributed by atoms with E-state index < -0.39 is 0 Å². The molecule has 0 saturated heterocycles. The van der Waals surface area contributed by atoms with Gasteiger partial charge in [0.15, 0.2) is 0 Å². The average molecular weight is 383 g/mol. The quantitative estimate of drug-likeness (QED) is 0.454. The fraction of sp³-hybridized carbons (Fsp3) is 0.211. The van der Waals surface area contributed by atoms with Gasteiger partial charge in [-0.05, 0) is 35.7 Å². The minimum Gasteiger partial charge on any atom is -0.467 e. The van der Waals surface area contributed by atoms with Crippen LogP contribution in [0.1, 0.15) is 23.8 Å². The first-order valence-electron chi connectivity index (χ1n) is 8.45. The van der Waals surface area contributed by atoms with E-state index in [9.17, 15) is 4.79 Å². The van der Waals surface area contributed by atoms with Crippen LogP contribution >= 0.6 is 11.3 Å². The summed E-state index contributed by atoms with van der Waals surface area (Å²) in [5.41, 5.74) is 0.891. The van der Waals surface area contributed by atoms with Crippen molar-refractivity contribution in [1.29, 1.82) is 0 Å². The number of carbonyl (C=O) groups excluding carboxylic acids is 1. The van der Waals surface area contributed by atoms with E-state index in [1.807, 2.05) is 29.0 Å². The first-order valence-corrected chi connectivity index (χ1v) is 9.40. The van der Waals surface area contributed by atoms with Crippen molar-refractivity contribution in [2.45, 2.75) is 25.9 Å². The predicted molar refractivity (Wildman–Crippen MR) is 97.6 cm³/mol. The van der Waals surface area contributed by atoms with Crippen LogP contribution in [0.2, 0.25) is 0 Å². The van der Waals surface area contributed by atoms with E-state index in [-0.39, 0.29) is 12.3 Å². The van der Waals surface area contributed by atoms with Gasteiger partial charge in [0.1, 0.15) is 11.5 Å². The smallest absolute Gasteiger partial charge is 0.248 e. The zero-order valence-electron chi connectivity index (χ0n) is 14.4. The summed E-state index contributed by atoms with van der Waals surface area (Å²) in [4.78, 5) is 14.4. The number of furan rings is 2. The lowest BCUT2D eigenvalue weighted by Crippen LogP contribution is -2.30. The highest BCUT2D eigenvalue weighted by atomic mass is 32.1. The number of aryl methyl sites for hydroxylation is 1. The number of hydrogen-bond acceptors (Lipinski definition) is 7. The number of thiophene rings is 1. The molecule has 0 radical (unpaired) electrons. The zero-order valence-corrected chi connectivity index (χ0v) is 15.2. The Morgan fingerprint density at radius 2 is 1.78 bits per heavy atom. The molecule has 0 aromatic carbocycles. The van der Waals surface area contributed by atoms with Gasteiger partial charge in [-0.25, -0.2) is 0 Å². The molecule has 138 valence electrons. The van der Waals surface area contributed by atoms with Crippen LogP contribution in [-0.2, 0) is 24.3 Å². The van der Waals surface area contributed by atoms with Crippen molar-refractivity contribution < 1.29 is 18.0 Å². The molecule has 0 aliphatic rings. The van der Waals surface area contributed by atoms with Crippen LogP contribution in [0, 0.1) is 0 Å². The number of carbonyl (C=O) groups is 1. The van der Waals surface area contributed by atoms with Crippen LogP contribution < -0.4 is 0 Å². The average Bonchev–Trinajstić information content (AvgIpc) is 3.48. The lowest BCUT2D eigenvalue weighted by molar-refractivity contribution is -0.133. The van der Waals surface area contributed by atoms with Crippen LogP contribution in [0.25, 0.3) is 11.5 Å². The van der Waals surface area contributed by atoms with Gasteiger partial charge >= 0.3 is 0 Å². The Kier molecular flexibility index (Phi) is 5.15. The number of rotatable bonds is 8. The van der Waals surface area contributed by atoms with Gasteiger partial charge in [-0.3, -0.25) is 4.79 Å². The van der Waals surface area contributed by atoms with Gasteiger partial charge in [0.05, 0.1) is 25.6 Å². The Morgan fingerprint density at radius 3 is 2.37 bits per heavy atom. The fourth-order valence-corrected chi connectivity index (χ4v) is 3.27. The molecule has 0 fully saturated rings. The Hall–Kier alpha value is -3.13. The molecule has 0 aliphatic carbocycles. The summed E-state index contributed by atoms with van der Waals surface area (Å²) < 4.78 is 16.4. The van der Waals surface area contributed by atoms with Crippen molar-refractivity contribution in [3.8, 4) is 11.5 Å². The van der Waals surface area contributed by atoms with Crippen LogP contribution in [0.15, 0.2) is 66.9 Å². The minimum atomic E-state index is -0.0434. The normalized spacial score (nSPS) is 11.0. The van der Waals surface area contributed by atoms with E-state index in [0.717, 1.165) is 5.56 Å². The third-order valence-electron chi connectivity index (χ3n) is 3.99. The third-order valence-corrected chi connectivity index (χ3v) is 4.68. The highest BCUT2D eigenvalue weighted by molar-refractivity contribution is 7.08. The van der Waals surface area contributed by atoms with Crippen LogP contribution in [0.5, 0.6) is 0 Å². The summed E-state index contributed by atoms with van der Waals surface area (Å²) in [5.74, 6) is 2.31. The van der Waals surface area contributed by atoms with Crippen molar-refractivity contribution in [3.63, 3.8) is 0 Å². The van der Waals surface area contributed by atoms with Crippen molar-refractivity contribution in [3.05, 3.63) is 71.0 Å². The van der Waals surface area contributed by atoms with E-state index >= 15 is 0 Å². The topological polar surface area (TPSA) is 85.5 Å². The maximum atomic E-state index is 12.8. The highest BCUT2D eigenvalue weighted by Gasteiger charge is 2.18. The number of nitrogens with zero attached hydrogens (tertiary/aromatic N) is 3. The number of hydrogen-bond donors (Lipinski definition) is 0. The van der Waals surface area contributed by atoms with E-state index in [1.54, 1.807) is 40.9 Å². The predicted octanol–water partition coefficient (Wildman–Crippen LogP) is 4.15. The Bertz CT molecular complexity index is 923. The molecule has 0 unspecified atom stereocenters. The number of aromatic nitrogens is 2. The molecule has 4 aromatic rings. The lowest BCUT2D eigenvalue weighted by Gasteiger charge is -2.20. The molecule has 0 saturated carbocycles. The third kappa shape index (κ3) is 4.35. The van der Waals surface area contributed by atoms with Crippen LogP contribution in [0.3, 0.4) is 0 Å². The monoisotopic (exact) mass is 383 g/mol. The van der Waals surface area contributed by atoms with E-state index in [2.05, 4.69) is 10.2 Å². The second kappa shape index (κ2) is 8.05. The first kappa shape index (κ1) is 17.3. The summed E-state index contributed by atoms with van der Waals surface area (Å²) >= 11 is 1.56. The molecule has 0 atom stereocenters. The Balaban J connectivity index is 1.40. The molecule has 1 amide bonds. The van der Waals surface area contributed by atoms with Gasteiger partial charge in [0.25, 0.3) is 0 Å². The molecule has 0 bridgehead atoms. The second-order valence-electron chi connectivity index (χ2n) is 5.92. The second-order valence-corrected chi connectivity index (χ2v) is 6.70. The summed E-state index contributed by atoms with van der Waals surface area (Å²) in [6.07, 6.45) is 3.82. The van der Waals surface area contributed by atoms with Crippen molar-refractivity contribution in [1.82, 2.24) is 15.1 Å². The van der Waals surface area contributed by atoms with Crippen molar-refractivity contribution in [2.75, 3.05) is 0 Å². The molecule has 0 N–H and O–H groups in total. The Morgan fingerprint density at radius 1 is 1.04 bits per heavy atom. The van der Waals surface area contributed by atoms with Crippen molar-refractivity contribution >= 4 is 17.2 Å². The van der Waals surface area contributed by atoms with Crippen LogP contribution in [-0.4, -0.2) is 21.0 Å². The molecule has 4 rings (SSSR count). The number of amides is 1. The molecule has 0 spiro atoms. The standard InChI is InChI=1S/C19H17N3O4S/c23-18(6-5-17-20-21-19(26-17)14-7-10-27-13-14)22(11-15-3-1-8-24-15)12-16-4-2-9-25-16/h1-4,7-10,13H,5-6,11-12H2. The van der Waals surface area contributed by atoms with Gasteiger partial charge in [-0.2, -0.15) is 11.3 Å². The molecular formula is C19H17N3O4S. The molecular weight excluding hydrogens is 366 g/mol. The molecule has 4 aromatic heterocycles. The molecule has 7 nitrogen and oxygen atoms in total. The largest absolute Gasteiger partial charge is 0.467 e. The SMILES string of the molecule is O=C(CCc1nnc(-c2ccsc2)o1)N(Cc1ccco1)Cc1ccco1. The maximum Gasteiger partial charge on any atom is 0.248 e. The van der Waals surface area contributed by atoms with Crippen LogP contribution in [0.4, 0.5) is 0 Å². The first-order chi connectivity index (χ1) is 13.3. The van der Waals surface area contributed by atoms with Gasteiger partial charge in [0, 0.05) is 23.8 Å². The minimum absolute atomic E-state index is 0.0434. The van der Waals surface area contributed by atoms with Crippen molar-refractivity contribution in [2.24, 2.45) is 0 Å². The fourth-order valence-electron chi connectivity index (χ4n) is 2.64. The zero-order chi connectivity index (χ0) is 18.5. The van der Waals surface area contributed by atoms with Gasteiger partial charge < -0.3 is 18.2 Å². The van der Waals surface area contributed by atoms with Gasteiger partial charge in [-0.15, -0.1) is 10.2 Å². The van der Waals surface area contributed by atoms with E-state index in [1.165, 1.54) is 0 Å². The van der Waals surface area contributed by atoms with E-state index in [0.29, 0.717) is 42.8 Å². The van der Waals surface area contributed by atoms with Gasteiger partial charge in [-0.1, -0.05) is 0 Å². The molecule has 8 heteroatoms. The Labute approximate surface area is 159 Å².